The van der Waals surface area contributed by atoms with E-state index in [9.17, 15) is 0 Å². The fraction of sp³-hybridized carbons (Fsp3) is 1.00. The molecule has 80 valence electrons. The number of nitrogens with zero attached hydrogens (tertiary/aromatic N) is 1. The molecule has 0 spiro atoms. The number of hydrogen-bond donors (Lipinski definition) is 0. The summed E-state index contributed by atoms with van der Waals surface area (Å²) >= 11 is 0. The fourth-order valence-corrected chi connectivity index (χ4v) is 1.76. The van der Waals surface area contributed by atoms with Crippen LogP contribution < -0.4 is 0 Å². The fourth-order valence-electron chi connectivity index (χ4n) is 1.76. The van der Waals surface area contributed by atoms with E-state index in [0.29, 0.717) is 12.2 Å². The second kappa shape index (κ2) is 7.34. The van der Waals surface area contributed by atoms with Crippen molar-refractivity contribution in [1.82, 2.24) is 4.90 Å². The van der Waals surface area contributed by atoms with Gasteiger partial charge in [0.25, 0.3) is 0 Å². The molecule has 1 rings (SSSR count). The summed E-state index contributed by atoms with van der Waals surface area (Å²) in [4.78, 5) is 2.36. The maximum absolute atomic E-state index is 5.76. The first-order valence-corrected chi connectivity index (χ1v) is 5.56. The number of rotatable bonds is 2. The molecule has 1 saturated heterocycles. The van der Waals surface area contributed by atoms with Crippen molar-refractivity contribution >= 4 is 0 Å². The van der Waals surface area contributed by atoms with Crippen LogP contribution in [0.3, 0.4) is 0 Å². The molecule has 0 saturated carbocycles. The molecule has 1 fully saturated rings. The smallest absolute Gasteiger partial charge is 0.0706 e. The molecule has 2 heteroatoms. The predicted molar refractivity (Wildman–Crippen MR) is 58.1 cm³/mol. The van der Waals surface area contributed by atoms with Crippen LogP contribution in [0.15, 0.2) is 0 Å². The highest BCUT2D eigenvalue weighted by Gasteiger charge is 2.21. The highest BCUT2D eigenvalue weighted by molar-refractivity contribution is 4.72. The van der Waals surface area contributed by atoms with Gasteiger partial charge >= 0.3 is 0 Å². The molecule has 2 nitrogen and oxygen atoms in total. The third kappa shape index (κ3) is 5.27. The van der Waals surface area contributed by atoms with Gasteiger partial charge in [-0.3, -0.25) is 0 Å². The minimum atomic E-state index is 0.422. The summed E-state index contributed by atoms with van der Waals surface area (Å²) in [5.74, 6) is 0. The first-order chi connectivity index (χ1) is 6.22. The molecule has 2 unspecified atom stereocenters. The predicted octanol–water partition coefficient (Wildman–Crippen LogP) is 2.53. The van der Waals surface area contributed by atoms with Crippen LogP contribution in [-0.2, 0) is 4.74 Å². The summed E-state index contributed by atoms with van der Waals surface area (Å²) < 4.78 is 5.76. The average molecular weight is 187 g/mol. The van der Waals surface area contributed by atoms with Gasteiger partial charge in [-0.25, -0.2) is 0 Å². The van der Waals surface area contributed by atoms with E-state index in [-0.39, 0.29) is 0 Å². The van der Waals surface area contributed by atoms with Crippen molar-refractivity contribution in [3.63, 3.8) is 0 Å². The summed E-state index contributed by atoms with van der Waals surface area (Å²) in [6.45, 7) is 10.6. The van der Waals surface area contributed by atoms with Crippen molar-refractivity contribution in [3.8, 4) is 0 Å². The number of ether oxygens (including phenoxy) is 1. The van der Waals surface area contributed by atoms with E-state index in [4.69, 9.17) is 4.74 Å². The summed E-state index contributed by atoms with van der Waals surface area (Å²) in [5, 5.41) is 0. The van der Waals surface area contributed by atoms with Gasteiger partial charge in [0.05, 0.1) is 12.2 Å². The molecule has 13 heavy (non-hydrogen) atoms. The van der Waals surface area contributed by atoms with Crippen LogP contribution in [-0.4, -0.2) is 37.2 Å². The molecular weight excluding hydrogens is 162 g/mol. The summed E-state index contributed by atoms with van der Waals surface area (Å²) in [6.07, 6.45) is 3.33. The van der Waals surface area contributed by atoms with E-state index in [2.05, 4.69) is 25.8 Å². The lowest BCUT2D eigenvalue weighted by molar-refractivity contribution is -0.0725. The zero-order valence-electron chi connectivity index (χ0n) is 9.84. The van der Waals surface area contributed by atoms with E-state index >= 15 is 0 Å². The molecule has 1 heterocycles. The van der Waals surface area contributed by atoms with Crippen molar-refractivity contribution in [1.29, 1.82) is 0 Å². The normalized spacial score (nSPS) is 29.3. The molecular formula is C11H25NO. The van der Waals surface area contributed by atoms with E-state index in [1.54, 1.807) is 0 Å². The van der Waals surface area contributed by atoms with Gasteiger partial charge in [-0.15, -0.1) is 0 Å². The number of likely N-dealkylation sites (N-methyl/N-ethyl adjacent to an activating group) is 1. The SMILES string of the molecule is CC.CCCC1CN(C)CC(C)O1. The van der Waals surface area contributed by atoms with Gasteiger partial charge in [-0.05, 0) is 20.4 Å². The van der Waals surface area contributed by atoms with E-state index in [0.717, 1.165) is 13.1 Å². The zero-order chi connectivity index (χ0) is 10.3. The minimum Gasteiger partial charge on any atom is -0.373 e. The van der Waals surface area contributed by atoms with Crippen molar-refractivity contribution < 1.29 is 4.74 Å². The third-order valence-electron chi connectivity index (χ3n) is 2.12. The van der Waals surface area contributed by atoms with Crippen LogP contribution in [0.5, 0.6) is 0 Å². The summed E-state index contributed by atoms with van der Waals surface area (Å²) in [6, 6.07) is 0. The first-order valence-electron chi connectivity index (χ1n) is 5.56. The van der Waals surface area contributed by atoms with Crippen molar-refractivity contribution in [2.75, 3.05) is 20.1 Å². The Hall–Kier alpha value is -0.0800. The van der Waals surface area contributed by atoms with E-state index < -0.39 is 0 Å². The van der Waals surface area contributed by atoms with Crippen LogP contribution in [0, 0.1) is 0 Å². The maximum Gasteiger partial charge on any atom is 0.0706 e. The molecule has 0 radical (unpaired) electrons. The Balaban J connectivity index is 0.000000671. The molecule has 0 aromatic carbocycles. The second-order valence-corrected chi connectivity index (χ2v) is 3.58. The molecule has 1 aliphatic rings. The Bertz CT molecular complexity index is 107. The quantitative estimate of drug-likeness (QED) is 0.658. The topological polar surface area (TPSA) is 12.5 Å². The van der Waals surface area contributed by atoms with Crippen LogP contribution >= 0.6 is 0 Å². The Morgan fingerprint density at radius 2 is 1.92 bits per heavy atom. The van der Waals surface area contributed by atoms with Crippen molar-refractivity contribution in [2.45, 2.75) is 52.7 Å². The van der Waals surface area contributed by atoms with Gasteiger partial charge < -0.3 is 9.64 Å². The molecule has 0 N–H and O–H groups in total. The summed E-state index contributed by atoms with van der Waals surface area (Å²) in [7, 11) is 2.17. The van der Waals surface area contributed by atoms with Gasteiger partial charge in [0.2, 0.25) is 0 Å². The Kier molecular flexibility index (Phi) is 7.29. The highest BCUT2D eigenvalue weighted by Crippen LogP contribution is 2.12. The number of hydrogen-bond acceptors (Lipinski definition) is 2. The van der Waals surface area contributed by atoms with Crippen molar-refractivity contribution in [2.24, 2.45) is 0 Å². The molecule has 0 amide bonds. The lowest BCUT2D eigenvalue weighted by Crippen LogP contribution is -2.44. The van der Waals surface area contributed by atoms with Gasteiger partial charge in [-0.1, -0.05) is 27.2 Å². The zero-order valence-corrected chi connectivity index (χ0v) is 9.84. The Morgan fingerprint density at radius 1 is 1.31 bits per heavy atom. The lowest BCUT2D eigenvalue weighted by Gasteiger charge is -2.34. The van der Waals surface area contributed by atoms with Gasteiger partial charge in [0.15, 0.2) is 0 Å². The molecule has 0 aromatic heterocycles. The van der Waals surface area contributed by atoms with Gasteiger partial charge in [0, 0.05) is 13.1 Å². The van der Waals surface area contributed by atoms with E-state index in [1.165, 1.54) is 12.8 Å². The minimum absolute atomic E-state index is 0.422. The van der Waals surface area contributed by atoms with Gasteiger partial charge in [-0.2, -0.15) is 0 Å². The average Bonchev–Trinajstić information content (AvgIpc) is 2.06. The Labute approximate surface area is 83.3 Å². The van der Waals surface area contributed by atoms with E-state index in [1.807, 2.05) is 13.8 Å². The van der Waals surface area contributed by atoms with Crippen LogP contribution in [0.2, 0.25) is 0 Å². The number of morpholine rings is 1. The molecule has 1 aliphatic heterocycles. The monoisotopic (exact) mass is 187 g/mol. The molecule has 0 aromatic rings. The molecule has 0 bridgehead atoms. The van der Waals surface area contributed by atoms with Crippen LogP contribution in [0.4, 0.5) is 0 Å². The maximum atomic E-state index is 5.76. The first kappa shape index (κ1) is 12.9. The molecule has 0 aliphatic carbocycles. The lowest BCUT2D eigenvalue weighted by atomic mass is 10.1. The Morgan fingerprint density at radius 3 is 2.38 bits per heavy atom. The van der Waals surface area contributed by atoms with Crippen LogP contribution in [0.1, 0.15) is 40.5 Å². The third-order valence-corrected chi connectivity index (χ3v) is 2.12. The molecule has 2 atom stereocenters. The van der Waals surface area contributed by atoms with Crippen molar-refractivity contribution in [3.05, 3.63) is 0 Å². The summed E-state index contributed by atoms with van der Waals surface area (Å²) in [5.41, 5.74) is 0. The standard InChI is InChI=1S/C9H19NO.C2H6/c1-4-5-9-7-10(3)6-8(2)11-9;1-2/h8-9H,4-7H2,1-3H3;1-2H3. The van der Waals surface area contributed by atoms with Crippen LogP contribution in [0.25, 0.3) is 0 Å². The van der Waals surface area contributed by atoms with Gasteiger partial charge in [0.1, 0.15) is 0 Å². The second-order valence-electron chi connectivity index (χ2n) is 3.58. The highest BCUT2D eigenvalue weighted by atomic mass is 16.5. The largest absolute Gasteiger partial charge is 0.373 e.